The summed E-state index contributed by atoms with van der Waals surface area (Å²) >= 11 is 1.76. The van der Waals surface area contributed by atoms with Gasteiger partial charge in [-0.3, -0.25) is 0 Å². The average molecular weight is 188 g/mol. The maximum absolute atomic E-state index is 10.4. The summed E-state index contributed by atoms with van der Waals surface area (Å²) in [6, 6.07) is 0. The topological polar surface area (TPSA) is 37.3 Å². The molecule has 70 valence electrons. The lowest BCUT2D eigenvalue weighted by atomic mass is 10.2. The summed E-state index contributed by atoms with van der Waals surface area (Å²) in [5.74, 6) is -0.828. The summed E-state index contributed by atoms with van der Waals surface area (Å²) < 4.78 is 0. The maximum Gasteiger partial charge on any atom is 0.330 e. The van der Waals surface area contributed by atoms with Gasteiger partial charge >= 0.3 is 5.97 Å². The van der Waals surface area contributed by atoms with Gasteiger partial charge in [-0.25, -0.2) is 4.79 Å². The van der Waals surface area contributed by atoms with Gasteiger partial charge in [0.1, 0.15) is 0 Å². The van der Waals surface area contributed by atoms with Gasteiger partial charge in [-0.05, 0) is 19.1 Å². The smallest absolute Gasteiger partial charge is 0.330 e. The van der Waals surface area contributed by atoms with E-state index in [1.54, 1.807) is 24.8 Å². The number of hydrogen-bond acceptors (Lipinski definition) is 2. The van der Waals surface area contributed by atoms with Crippen LogP contribution in [-0.2, 0) is 4.79 Å². The van der Waals surface area contributed by atoms with Gasteiger partial charge in [-0.2, -0.15) is 11.8 Å². The molecule has 1 N–H and O–H groups in total. The van der Waals surface area contributed by atoms with E-state index in [9.17, 15) is 4.79 Å². The fraction of sp³-hybridized carbons (Fsp3) is 0.667. The van der Waals surface area contributed by atoms with Gasteiger partial charge in [-0.1, -0.05) is 19.9 Å². The maximum atomic E-state index is 10.4. The third-order valence-electron chi connectivity index (χ3n) is 1.31. The van der Waals surface area contributed by atoms with Crippen LogP contribution in [0.4, 0.5) is 0 Å². The molecule has 0 saturated heterocycles. The summed E-state index contributed by atoms with van der Waals surface area (Å²) in [6.07, 6.45) is 1.78. The molecule has 0 heterocycles. The van der Waals surface area contributed by atoms with Crippen molar-refractivity contribution in [2.45, 2.75) is 38.2 Å². The largest absolute Gasteiger partial charge is 0.478 e. The first-order chi connectivity index (χ1) is 5.43. The van der Waals surface area contributed by atoms with Crippen LogP contribution in [0.15, 0.2) is 11.6 Å². The lowest BCUT2D eigenvalue weighted by molar-refractivity contribution is -0.132. The SMILES string of the molecule is C/C(=C\C(C)SC(C)C)C(=O)O. The summed E-state index contributed by atoms with van der Waals surface area (Å²) in [4.78, 5) is 10.4. The monoisotopic (exact) mass is 188 g/mol. The molecule has 0 fully saturated rings. The lowest BCUT2D eigenvalue weighted by Gasteiger charge is -2.09. The molecule has 0 aromatic rings. The van der Waals surface area contributed by atoms with Gasteiger partial charge in [0, 0.05) is 10.8 Å². The summed E-state index contributed by atoms with van der Waals surface area (Å²) in [7, 11) is 0. The fourth-order valence-electron chi connectivity index (χ4n) is 0.892. The number of carbonyl (C=O) groups is 1. The van der Waals surface area contributed by atoms with Crippen molar-refractivity contribution in [3.8, 4) is 0 Å². The number of carboxylic acids is 1. The summed E-state index contributed by atoms with van der Waals surface area (Å²) in [5.41, 5.74) is 0.427. The number of rotatable bonds is 4. The second-order valence-electron chi connectivity index (χ2n) is 3.04. The third-order valence-corrected chi connectivity index (χ3v) is 2.42. The van der Waals surface area contributed by atoms with E-state index in [0.717, 1.165) is 0 Å². The number of aliphatic carboxylic acids is 1. The summed E-state index contributed by atoms with van der Waals surface area (Å²) in [5, 5.41) is 9.41. The van der Waals surface area contributed by atoms with Crippen molar-refractivity contribution in [3.05, 3.63) is 11.6 Å². The normalized spacial score (nSPS) is 14.9. The molecule has 0 saturated carbocycles. The fourth-order valence-corrected chi connectivity index (χ4v) is 2.03. The first kappa shape index (κ1) is 11.6. The van der Waals surface area contributed by atoms with Crippen LogP contribution in [0.25, 0.3) is 0 Å². The zero-order chi connectivity index (χ0) is 9.72. The molecule has 0 aliphatic rings. The minimum atomic E-state index is -0.828. The Kier molecular flexibility index (Phi) is 5.06. The van der Waals surface area contributed by atoms with Crippen LogP contribution in [0.5, 0.6) is 0 Å². The lowest BCUT2D eigenvalue weighted by Crippen LogP contribution is -2.03. The highest BCUT2D eigenvalue weighted by atomic mass is 32.2. The van der Waals surface area contributed by atoms with Crippen molar-refractivity contribution in [1.29, 1.82) is 0 Å². The molecule has 0 aromatic carbocycles. The Balaban J connectivity index is 4.05. The third kappa shape index (κ3) is 5.24. The van der Waals surface area contributed by atoms with Crippen LogP contribution >= 0.6 is 11.8 Å². The molecule has 1 unspecified atom stereocenters. The predicted molar refractivity (Wildman–Crippen MR) is 53.6 cm³/mol. The van der Waals surface area contributed by atoms with Crippen molar-refractivity contribution in [2.75, 3.05) is 0 Å². The van der Waals surface area contributed by atoms with E-state index in [4.69, 9.17) is 5.11 Å². The first-order valence-electron chi connectivity index (χ1n) is 4.00. The van der Waals surface area contributed by atoms with Gasteiger partial charge in [-0.15, -0.1) is 0 Å². The zero-order valence-electron chi connectivity index (χ0n) is 8.00. The van der Waals surface area contributed by atoms with Gasteiger partial charge in [0.25, 0.3) is 0 Å². The predicted octanol–water partition coefficient (Wildman–Crippen LogP) is 2.55. The van der Waals surface area contributed by atoms with Crippen molar-refractivity contribution >= 4 is 17.7 Å². The second kappa shape index (κ2) is 5.25. The molecule has 1 atom stereocenters. The molecule has 2 nitrogen and oxygen atoms in total. The molecule has 0 aliphatic heterocycles. The molecule has 3 heteroatoms. The Morgan fingerprint density at radius 3 is 2.25 bits per heavy atom. The van der Waals surface area contributed by atoms with Gasteiger partial charge < -0.3 is 5.11 Å². The van der Waals surface area contributed by atoms with E-state index in [1.807, 2.05) is 6.92 Å². The molecular weight excluding hydrogens is 172 g/mol. The number of hydrogen-bond donors (Lipinski definition) is 1. The number of thioether (sulfide) groups is 1. The zero-order valence-corrected chi connectivity index (χ0v) is 8.81. The van der Waals surface area contributed by atoms with Gasteiger partial charge in [0.15, 0.2) is 0 Å². The Bertz CT molecular complexity index is 185. The average Bonchev–Trinajstić information content (AvgIpc) is 1.84. The number of carboxylic acid groups (broad SMARTS) is 1. The minimum absolute atomic E-state index is 0.279. The van der Waals surface area contributed by atoms with E-state index in [-0.39, 0.29) is 5.25 Å². The van der Waals surface area contributed by atoms with E-state index >= 15 is 0 Å². The molecular formula is C9H16O2S. The second-order valence-corrected chi connectivity index (χ2v) is 5.00. The standard InChI is InChI=1S/C9H16O2S/c1-6(2)12-8(4)5-7(3)9(10)11/h5-6,8H,1-4H3,(H,10,11)/b7-5+. The van der Waals surface area contributed by atoms with E-state index in [2.05, 4.69) is 13.8 Å². The van der Waals surface area contributed by atoms with Crippen LogP contribution in [0.2, 0.25) is 0 Å². The van der Waals surface area contributed by atoms with Gasteiger partial charge in [0.05, 0.1) is 0 Å². The minimum Gasteiger partial charge on any atom is -0.478 e. The molecule has 0 amide bonds. The van der Waals surface area contributed by atoms with E-state index in [1.165, 1.54) is 0 Å². The highest BCUT2D eigenvalue weighted by molar-refractivity contribution is 8.00. The van der Waals surface area contributed by atoms with Crippen molar-refractivity contribution in [3.63, 3.8) is 0 Å². The first-order valence-corrected chi connectivity index (χ1v) is 4.95. The van der Waals surface area contributed by atoms with Crippen molar-refractivity contribution < 1.29 is 9.90 Å². The Morgan fingerprint density at radius 1 is 1.42 bits per heavy atom. The van der Waals surface area contributed by atoms with Crippen LogP contribution < -0.4 is 0 Å². The Hall–Kier alpha value is -0.440. The Labute approximate surface area is 78.0 Å². The van der Waals surface area contributed by atoms with Crippen molar-refractivity contribution in [1.82, 2.24) is 0 Å². The van der Waals surface area contributed by atoms with E-state index in [0.29, 0.717) is 10.8 Å². The highest BCUT2D eigenvalue weighted by Crippen LogP contribution is 2.18. The molecule has 12 heavy (non-hydrogen) atoms. The van der Waals surface area contributed by atoms with Crippen molar-refractivity contribution in [2.24, 2.45) is 0 Å². The van der Waals surface area contributed by atoms with Crippen LogP contribution in [0.1, 0.15) is 27.7 Å². The van der Waals surface area contributed by atoms with Crippen LogP contribution in [0.3, 0.4) is 0 Å². The molecule has 0 rings (SSSR count). The van der Waals surface area contributed by atoms with Crippen LogP contribution in [0, 0.1) is 0 Å². The summed E-state index contributed by atoms with van der Waals surface area (Å²) in [6.45, 7) is 7.84. The molecule has 0 aliphatic carbocycles. The van der Waals surface area contributed by atoms with E-state index < -0.39 is 5.97 Å². The molecule has 0 radical (unpaired) electrons. The van der Waals surface area contributed by atoms with Crippen LogP contribution in [-0.4, -0.2) is 21.6 Å². The Morgan fingerprint density at radius 2 is 1.92 bits per heavy atom. The molecule has 0 aromatic heterocycles. The molecule has 0 spiro atoms. The quantitative estimate of drug-likeness (QED) is 0.689. The molecule has 0 bridgehead atoms. The highest BCUT2D eigenvalue weighted by Gasteiger charge is 2.05. The van der Waals surface area contributed by atoms with Gasteiger partial charge in [0.2, 0.25) is 0 Å².